The first-order chi connectivity index (χ1) is 7.72. The predicted octanol–water partition coefficient (Wildman–Crippen LogP) is 3.14. The van der Waals surface area contributed by atoms with E-state index < -0.39 is 0 Å². The largest absolute Gasteiger partial charge is 0.368 e. The van der Waals surface area contributed by atoms with Crippen molar-refractivity contribution in [2.75, 3.05) is 37.6 Å². The van der Waals surface area contributed by atoms with Gasteiger partial charge in [-0.2, -0.15) is 0 Å². The van der Waals surface area contributed by atoms with Crippen molar-refractivity contribution >= 4 is 28.9 Å². The summed E-state index contributed by atoms with van der Waals surface area (Å²) in [5, 5.41) is 1.31. The van der Waals surface area contributed by atoms with Crippen molar-refractivity contribution in [2.24, 2.45) is 0 Å². The molecule has 1 aromatic carbocycles. The van der Waals surface area contributed by atoms with E-state index in [1.165, 1.54) is 0 Å². The second-order valence-corrected chi connectivity index (χ2v) is 4.78. The molecule has 0 aliphatic carbocycles. The molecule has 2 nitrogen and oxygen atoms in total. The molecule has 1 aliphatic heterocycles. The van der Waals surface area contributed by atoms with Crippen LogP contribution in [0.2, 0.25) is 10.0 Å². The van der Waals surface area contributed by atoms with E-state index in [1.807, 2.05) is 18.2 Å². The first-order valence-corrected chi connectivity index (χ1v) is 6.39. The number of anilines is 1. The van der Waals surface area contributed by atoms with Crippen molar-refractivity contribution in [2.45, 2.75) is 6.92 Å². The van der Waals surface area contributed by atoms with Gasteiger partial charge >= 0.3 is 0 Å². The Morgan fingerprint density at radius 3 is 2.44 bits per heavy atom. The highest BCUT2D eigenvalue weighted by Gasteiger charge is 2.18. The molecule has 0 atom stereocenters. The lowest BCUT2D eigenvalue weighted by Crippen LogP contribution is -2.46. The number of likely N-dealkylation sites (N-methyl/N-ethyl adjacent to an activating group) is 1. The average Bonchev–Trinajstić information content (AvgIpc) is 2.33. The topological polar surface area (TPSA) is 6.48 Å². The van der Waals surface area contributed by atoms with Crippen molar-refractivity contribution in [3.8, 4) is 0 Å². The van der Waals surface area contributed by atoms with Crippen LogP contribution in [-0.4, -0.2) is 37.6 Å². The molecule has 0 unspecified atom stereocenters. The van der Waals surface area contributed by atoms with Gasteiger partial charge in [0.2, 0.25) is 0 Å². The zero-order valence-corrected chi connectivity index (χ0v) is 10.9. The molecule has 1 heterocycles. The lowest BCUT2D eigenvalue weighted by atomic mass is 10.2. The van der Waals surface area contributed by atoms with Gasteiger partial charge in [-0.05, 0) is 18.7 Å². The predicted molar refractivity (Wildman–Crippen MR) is 70.8 cm³/mol. The van der Waals surface area contributed by atoms with Gasteiger partial charge in [-0.15, -0.1) is 0 Å². The maximum Gasteiger partial charge on any atom is 0.0825 e. The Labute approximate surface area is 107 Å². The quantitative estimate of drug-likeness (QED) is 0.805. The van der Waals surface area contributed by atoms with Gasteiger partial charge in [-0.25, -0.2) is 0 Å². The van der Waals surface area contributed by atoms with Crippen LogP contribution < -0.4 is 4.90 Å². The molecule has 0 aromatic heterocycles. The summed E-state index contributed by atoms with van der Waals surface area (Å²) in [6.45, 7) is 7.56. The smallest absolute Gasteiger partial charge is 0.0825 e. The van der Waals surface area contributed by atoms with E-state index >= 15 is 0 Å². The van der Waals surface area contributed by atoms with E-state index in [0.717, 1.165) is 38.4 Å². The molecule has 0 N–H and O–H groups in total. The molecule has 4 heteroatoms. The zero-order valence-electron chi connectivity index (χ0n) is 9.42. The molecule has 1 aromatic rings. The zero-order chi connectivity index (χ0) is 11.5. The monoisotopic (exact) mass is 258 g/mol. The van der Waals surface area contributed by atoms with Crippen molar-refractivity contribution in [1.29, 1.82) is 0 Å². The molecule has 1 saturated heterocycles. The maximum absolute atomic E-state index is 6.21. The molecule has 1 aliphatic rings. The van der Waals surface area contributed by atoms with Crippen LogP contribution in [0.5, 0.6) is 0 Å². The third-order valence-electron chi connectivity index (χ3n) is 3.09. The second kappa shape index (κ2) is 5.26. The lowest BCUT2D eigenvalue weighted by molar-refractivity contribution is 0.271. The molecule has 88 valence electrons. The van der Waals surface area contributed by atoms with Gasteiger partial charge < -0.3 is 9.80 Å². The Bertz CT molecular complexity index is 360. The molecule has 2 rings (SSSR count). The Hall–Kier alpha value is -0.440. The minimum Gasteiger partial charge on any atom is -0.368 e. The van der Waals surface area contributed by atoms with E-state index in [-0.39, 0.29) is 0 Å². The minimum absolute atomic E-state index is 0.636. The van der Waals surface area contributed by atoms with Crippen molar-refractivity contribution in [3.63, 3.8) is 0 Å². The SMILES string of the molecule is CCN1CCN(c2cccc(Cl)c2Cl)CC1. The number of piperazine rings is 1. The van der Waals surface area contributed by atoms with Crippen molar-refractivity contribution in [1.82, 2.24) is 4.90 Å². The summed E-state index contributed by atoms with van der Waals surface area (Å²) in [5.74, 6) is 0. The fraction of sp³-hybridized carbons (Fsp3) is 0.500. The van der Waals surface area contributed by atoms with Gasteiger partial charge in [-0.1, -0.05) is 36.2 Å². The normalized spacial score (nSPS) is 17.8. The third-order valence-corrected chi connectivity index (χ3v) is 3.90. The number of halogens is 2. The summed E-state index contributed by atoms with van der Waals surface area (Å²) in [6.07, 6.45) is 0. The number of nitrogens with zero attached hydrogens (tertiary/aromatic N) is 2. The Morgan fingerprint density at radius 2 is 1.81 bits per heavy atom. The highest BCUT2D eigenvalue weighted by Crippen LogP contribution is 2.32. The Morgan fingerprint density at radius 1 is 1.12 bits per heavy atom. The van der Waals surface area contributed by atoms with E-state index in [2.05, 4.69) is 16.7 Å². The molecule has 0 amide bonds. The van der Waals surface area contributed by atoms with Crippen LogP contribution in [0, 0.1) is 0 Å². The number of hydrogen-bond acceptors (Lipinski definition) is 2. The number of benzene rings is 1. The summed E-state index contributed by atoms with van der Waals surface area (Å²) in [4.78, 5) is 4.75. The van der Waals surface area contributed by atoms with Crippen molar-refractivity contribution < 1.29 is 0 Å². The fourth-order valence-electron chi connectivity index (χ4n) is 2.04. The summed E-state index contributed by atoms with van der Waals surface area (Å²) >= 11 is 12.2. The van der Waals surface area contributed by atoms with Crippen molar-refractivity contribution in [3.05, 3.63) is 28.2 Å². The molecule has 0 saturated carbocycles. The summed E-state index contributed by atoms with van der Waals surface area (Å²) in [6, 6.07) is 5.82. The fourth-order valence-corrected chi connectivity index (χ4v) is 2.46. The second-order valence-electron chi connectivity index (χ2n) is 3.99. The van der Waals surface area contributed by atoms with Crippen LogP contribution >= 0.6 is 23.2 Å². The number of hydrogen-bond donors (Lipinski definition) is 0. The van der Waals surface area contributed by atoms with E-state index in [4.69, 9.17) is 23.2 Å². The van der Waals surface area contributed by atoms with E-state index in [1.54, 1.807) is 0 Å². The van der Waals surface area contributed by atoms with Crippen LogP contribution in [0.4, 0.5) is 5.69 Å². The molecule has 0 radical (unpaired) electrons. The van der Waals surface area contributed by atoms with Crippen LogP contribution in [0.15, 0.2) is 18.2 Å². The van der Waals surface area contributed by atoms with Gasteiger partial charge in [0.15, 0.2) is 0 Å². The van der Waals surface area contributed by atoms with Crippen LogP contribution in [0.25, 0.3) is 0 Å². The van der Waals surface area contributed by atoms with Crippen LogP contribution in [0.3, 0.4) is 0 Å². The van der Waals surface area contributed by atoms with Crippen LogP contribution in [0.1, 0.15) is 6.92 Å². The molecule has 0 bridgehead atoms. The molecule has 0 spiro atoms. The lowest BCUT2D eigenvalue weighted by Gasteiger charge is -2.36. The number of rotatable bonds is 2. The summed E-state index contributed by atoms with van der Waals surface area (Å²) in [7, 11) is 0. The Balaban J connectivity index is 2.11. The van der Waals surface area contributed by atoms with Gasteiger partial charge in [0.05, 0.1) is 15.7 Å². The third kappa shape index (κ3) is 2.45. The van der Waals surface area contributed by atoms with Gasteiger partial charge in [-0.3, -0.25) is 0 Å². The molecular formula is C12H16Cl2N2. The first kappa shape index (κ1) is 12.0. The van der Waals surface area contributed by atoms with Gasteiger partial charge in [0.1, 0.15) is 0 Å². The average molecular weight is 259 g/mol. The van der Waals surface area contributed by atoms with Gasteiger partial charge in [0, 0.05) is 26.2 Å². The maximum atomic E-state index is 6.21. The summed E-state index contributed by atoms with van der Waals surface area (Å²) in [5.41, 5.74) is 1.06. The van der Waals surface area contributed by atoms with E-state index in [0.29, 0.717) is 10.0 Å². The molecule has 16 heavy (non-hydrogen) atoms. The molecular weight excluding hydrogens is 243 g/mol. The minimum atomic E-state index is 0.636. The standard InChI is InChI=1S/C12H16Cl2N2/c1-2-15-6-8-16(9-7-15)11-5-3-4-10(13)12(11)14/h3-5H,2,6-9H2,1H3. The highest BCUT2D eigenvalue weighted by molar-refractivity contribution is 6.43. The van der Waals surface area contributed by atoms with Crippen LogP contribution in [-0.2, 0) is 0 Å². The molecule has 1 fully saturated rings. The van der Waals surface area contributed by atoms with E-state index in [9.17, 15) is 0 Å². The van der Waals surface area contributed by atoms with Gasteiger partial charge in [0.25, 0.3) is 0 Å². The highest BCUT2D eigenvalue weighted by atomic mass is 35.5. The first-order valence-electron chi connectivity index (χ1n) is 5.63. The Kier molecular flexibility index (Phi) is 3.95. The summed E-state index contributed by atoms with van der Waals surface area (Å²) < 4.78 is 0.